The van der Waals surface area contributed by atoms with E-state index in [1.54, 1.807) is 0 Å². The van der Waals surface area contributed by atoms with Crippen LogP contribution in [-0.4, -0.2) is 49.3 Å². The van der Waals surface area contributed by atoms with Crippen LogP contribution in [-0.2, 0) is 11.2 Å². The van der Waals surface area contributed by atoms with Crippen LogP contribution in [0.4, 0.5) is 0 Å². The zero-order valence-electron chi connectivity index (χ0n) is 12.7. The van der Waals surface area contributed by atoms with Gasteiger partial charge in [-0.25, -0.2) is 0 Å². The molecule has 2 aliphatic rings. The van der Waals surface area contributed by atoms with E-state index in [0.29, 0.717) is 18.2 Å². The monoisotopic (exact) mass is 308 g/mol. The van der Waals surface area contributed by atoms with Crippen LogP contribution in [0.15, 0.2) is 24.3 Å². The van der Waals surface area contributed by atoms with E-state index in [2.05, 4.69) is 29.3 Å². The van der Waals surface area contributed by atoms with Crippen LogP contribution >= 0.6 is 11.6 Å². The summed E-state index contributed by atoms with van der Waals surface area (Å²) in [7, 11) is 0. The Bertz CT molecular complexity index is 445. The molecule has 0 amide bonds. The number of nitrogens with one attached hydrogen (secondary N) is 1. The van der Waals surface area contributed by atoms with Crippen LogP contribution < -0.4 is 5.32 Å². The first-order valence-corrected chi connectivity index (χ1v) is 8.42. The highest BCUT2D eigenvalue weighted by Crippen LogP contribution is 2.23. The first kappa shape index (κ1) is 15.3. The summed E-state index contributed by atoms with van der Waals surface area (Å²) in [5, 5.41) is 4.27. The molecule has 0 unspecified atom stereocenters. The van der Waals surface area contributed by atoms with Gasteiger partial charge in [-0.3, -0.25) is 4.90 Å². The second-order valence-electron chi connectivity index (χ2n) is 6.31. The first-order valence-electron chi connectivity index (χ1n) is 8.05. The lowest BCUT2D eigenvalue weighted by molar-refractivity contribution is -0.0752. The van der Waals surface area contributed by atoms with Crippen molar-refractivity contribution in [3.8, 4) is 0 Å². The van der Waals surface area contributed by atoms with Gasteiger partial charge in [-0.1, -0.05) is 23.7 Å². The Morgan fingerprint density at radius 2 is 1.95 bits per heavy atom. The quantitative estimate of drug-likeness (QED) is 0.929. The maximum atomic E-state index is 5.98. The van der Waals surface area contributed by atoms with Gasteiger partial charge < -0.3 is 10.1 Å². The summed E-state index contributed by atoms with van der Waals surface area (Å²) in [5.74, 6) is 0. The Morgan fingerprint density at radius 3 is 2.67 bits per heavy atom. The van der Waals surface area contributed by atoms with E-state index in [0.717, 1.165) is 37.7 Å². The molecule has 116 valence electrons. The zero-order valence-corrected chi connectivity index (χ0v) is 13.5. The number of hydrogen-bond donors (Lipinski definition) is 1. The summed E-state index contributed by atoms with van der Waals surface area (Å²) in [5.41, 5.74) is 1.35. The molecular weight excluding hydrogens is 284 g/mol. The van der Waals surface area contributed by atoms with E-state index >= 15 is 0 Å². The minimum absolute atomic E-state index is 0.348. The minimum atomic E-state index is 0.348. The Hall–Kier alpha value is -0.610. The van der Waals surface area contributed by atoms with Crippen molar-refractivity contribution in [2.24, 2.45) is 0 Å². The molecule has 0 saturated carbocycles. The highest BCUT2D eigenvalue weighted by Gasteiger charge is 2.32. The summed E-state index contributed by atoms with van der Waals surface area (Å²) in [4.78, 5) is 2.70. The molecular formula is C17H25ClN2O. The smallest absolute Gasteiger partial charge is 0.0674 e. The largest absolute Gasteiger partial charge is 0.376 e. The third kappa shape index (κ3) is 3.98. The molecule has 0 aromatic heterocycles. The second-order valence-corrected chi connectivity index (χ2v) is 6.74. The van der Waals surface area contributed by atoms with Gasteiger partial charge >= 0.3 is 0 Å². The molecule has 2 heterocycles. The minimum Gasteiger partial charge on any atom is -0.376 e. The van der Waals surface area contributed by atoms with E-state index < -0.39 is 0 Å². The number of rotatable bonds is 3. The predicted molar refractivity (Wildman–Crippen MR) is 87.0 cm³/mol. The Labute approximate surface area is 132 Å². The molecule has 0 bridgehead atoms. The number of ether oxygens (including phenoxy) is 1. The third-order valence-corrected chi connectivity index (χ3v) is 4.92. The number of nitrogens with zero attached hydrogens (tertiary/aromatic N) is 1. The summed E-state index contributed by atoms with van der Waals surface area (Å²) < 4.78 is 5.92. The van der Waals surface area contributed by atoms with E-state index in [-0.39, 0.29) is 0 Å². The highest BCUT2D eigenvalue weighted by atomic mass is 35.5. The average Bonchev–Trinajstić information content (AvgIpc) is 2.52. The van der Waals surface area contributed by atoms with Gasteiger partial charge in [-0.05, 0) is 57.0 Å². The van der Waals surface area contributed by atoms with Crippen molar-refractivity contribution in [3.63, 3.8) is 0 Å². The Kier molecular flexibility index (Phi) is 5.17. The molecule has 2 fully saturated rings. The van der Waals surface area contributed by atoms with Crippen molar-refractivity contribution >= 4 is 11.6 Å². The number of benzene rings is 1. The van der Waals surface area contributed by atoms with Gasteiger partial charge in [0.15, 0.2) is 0 Å². The first-order chi connectivity index (χ1) is 10.2. The fraction of sp³-hybridized carbons (Fsp3) is 0.647. The molecule has 1 aromatic rings. The Balaban J connectivity index is 1.69. The molecule has 0 radical (unpaired) electrons. The van der Waals surface area contributed by atoms with Crippen LogP contribution in [0.5, 0.6) is 0 Å². The fourth-order valence-corrected chi connectivity index (χ4v) is 3.65. The molecule has 4 heteroatoms. The van der Waals surface area contributed by atoms with Crippen molar-refractivity contribution in [2.45, 2.75) is 44.4 Å². The van der Waals surface area contributed by atoms with Gasteiger partial charge in [-0.15, -0.1) is 0 Å². The molecule has 1 aromatic carbocycles. The average molecular weight is 309 g/mol. The van der Waals surface area contributed by atoms with Crippen LogP contribution in [0.3, 0.4) is 0 Å². The van der Waals surface area contributed by atoms with Gasteiger partial charge in [0.25, 0.3) is 0 Å². The van der Waals surface area contributed by atoms with Crippen LogP contribution in [0.1, 0.15) is 25.3 Å². The highest BCUT2D eigenvalue weighted by molar-refractivity contribution is 6.30. The lowest BCUT2D eigenvalue weighted by Gasteiger charge is -2.45. The van der Waals surface area contributed by atoms with Crippen molar-refractivity contribution in [1.29, 1.82) is 0 Å². The molecule has 3 nitrogen and oxygen atoms in total. The molecule has 2 atom stereocenters. The van der Waals surface area contributed by atoms with E-state index in [1.165, 1.54) is 18.4 Å². The molecule has 21 heavy (non-hydrogen) atoms. The van der Waals surface area contributed by atoms with Crippen LogP contribution in [0, 0.1) is 0 Å². The van der Waals surface area contributed by atoms with Gasteiger partial charge in [0.2, 0.25) is 0 Å². The zero-order chi connectivity index (χ0) is 14.7. The molecule has 3 rings (SSSR count). The summed E-state index contributed by atoms with van der Waals surface area (Å²) in [6.45, 7) is 6.37. The van der Waals surface area contributed by atoms with E-state index in [4.69, 9.17) is 16.3 Å². The summed E-state index contributed by atoms with van der Waals surface area (Å²) >= 11 is 5.98. The lowest BCUT2D eigenvalue weighted by Crippen LogP contribution is -2.56. The van der Waals surface area contributed by atoms with Gasteiger partial charge in [0, 0.05) is 23.7 Å². The van der Waals surface area contributed by atoms with Crippen molar-refractivity contribution in [2.75, 3.05) is 26.2 Å². The second kappa shape index (κ2) is 7.10. The molecule has 2 aliphatic heterocycles. The molecule has 0 aliphatic carbocycles. The maximum Gasteiger partial charge on any atom is 0.0674 e. The third-order valence-electron chi connectivity index (χ3n) is 4.67. The van der Waals surface area contributed by atoms with Crippen molar-refractivity contribution < 1.29 is 4.74 Å². The number of hydrogen-bond acceptors (Lipinski definition) is 3. The summed E-state index contributed by atoms with van der Waals surface area (Å²) in [6.07, 6.45) is 3.91. The fourth-order valence-electron chi connectivity index (χ4n) is 3.52. The molecule has 1 N–H and O–H groups in total. The summed E-state index contributed by atoms with van der Waals surface area (Å²) in [6, 6.07) is 9.44. The molecule has 0 spiro atoms. The number of halogens is 1. The van der Waals surface area contributed by atoms with E-state index in [9.17, 15) is 0 Å². The van der Waals surface area contributed by atoms with Gasteiger partial charge in [-0.2, -0.15) is 0 Å². The van der Waals surface area contributed by atoms with E-state index in [1.807, 2.05) is 12.1 Å². The van der Waals surface area contributed by atoms with Gasteiger partial charge in [0.1, 0.15) is 0 Å². The molecule has 2 saturated heterocycles. The predicted octanol–water partition coefficient (Wildman–Crippen LogP) is 2.72. The Morgan fingerprint density at radius 1 is 1.24 bits per heavy atom. The normalized spacial score (nSPS) is 28.7. The number of piperidine rings is 1. The van der Waals surface area contributed by atoms with Gasteiger partial charge in [0.05, 0.1) is 12.7 Å². The lowest BCUT2D eigenvalue weighted by atomic mass is 9.97. The standard InChI is InChI=1S/C17H25ClN2O/c1-13-11-20(16-6-8-19-9-7-16)17(12-21-13)10-14-2-4-15(18)5-3-14/h2-5,13,16-17,19H,6-12H2,1H3/t13-,17-/m0/s1. The topological polar surface area (TPSA) is 24.5 Å². The SMILES string of the molecule is C[C@H]1CN(C2CCNCC2)[C@@H](Cc2ccc(Cl)cc2)CO1. The number of morpholine rings is 1. The maximum absolute atomic E-state index is 5.98. The van der Waals surface area contributed by atoms with Crippen molar-refractivity contribution in [3.05, 3.63) is 34.9 Å². The van der Waals surface area contributed by atoms with Crippen LogP contribution in [0.2, 0.25) is 5.02 Å². The van der Waals surface area contributed by atoms with Crippen molar-refractivity contribution in [1.82, 2.24) is 10.2 Å². The van der Waals surface area contributed by atoms with Crippen LogP contribution in [0.25, 0.3) is 0 Å².